The Kier molecular flexibility index (Phi) is 0.824. The van der Waals surface area contributed by atoms with Gasteiger partial charge in [0.25, 0.3) is 0 Å². The summed E-state index contributed by atoms with van der Waals surface area (Å²) in [6, 6.07) is 0. The molecule has 1 aliphatic heterocycles. The number of rotatable bonds is 0. The highest BCUT2D eigenvalue weighted by atomic mass is 32.1. The van der Waals surface area contributed by atoms with E-state index in [9.17, 15) is 0 Å². The summed E-state index contributed by atoms with van der Waals surface area (Å²) in [6.45, 7) is 0. The summed E-state index contributed by atoms with van der Waals surface area (Å²) in [4.78, 5) is 0. The predicted molar refractivity (Wildman–Crippen MR) is 35.9 cm³/mol. The van der Waals surface area contributed by atoms with Crippen molar-refractivity contribution in [3.05, 3.63) is 10.8 Å². The summed E-state index contributed by atoms with van der Waals surface area (Å²) in [7, 11) is 0. The molecule has 0 unspecified atom stereocenters. The molecule has 0 aromatic carbocycles. The van der Waals surface area contributed by atoms with E-state index in [1.807, 2.05) is 10.8 Å². The van der Waals surface area contributed by atoms with Crippen LogP contribution in [0.15, 0.2) is 19.5 Å². The average molecular weight is 142 g/mol. The van der Waals surface area contributed by atoms with Crippen molar-refractivity contribution in [2.75, 3.05) is 0 Å². The molecule has 0 spiro atoms. The lowest BCUT2D eigenvalue weighted by molar-refractivity contribution is 1.62. The monoisotopic (exact) mass is 142 g/mol. The quantitative estimate of drug-likeness (QED) is 0.540. The Morgan fingerprint density at radius 3 is 2.38 bits per heavy atom. The lowest BCUT2D eigenvalue weighted by atomic mass is 10.5. The Balaban J connectivity index is 2.78. The maximum atomic E-state index is 4.02. The fourth-order valence-corrected chi connectivity index (χ4v) is 1.84. The summed E-state index contributed by atoms with van der Waals surface area (Å²) >= 11 is 2.91. The molecule has 8 heavy (non-hydrogen) atoms. The number of hydrogen-bond acceptors (Lipinski definition) is 3. The standard InChI is InChI=1S/C4H2N2S2/c1-3-4(2-7-1)6-8-5-3/h1-2H. The van der Waals surface area contributed by atoms with Crippen molar-refractivity contribution in [1.82, 2.24) is 0 Å². The molecule has 2 nitrogen and oxygen atoms in total. The summed E-state index contributed by atoms with van der Waals surface area (Å²) in [5.41, 5.74) is 2.06. The van der Waals surface area contributed by atoms with Gasteiger partial charge in [-0.25, -0.2) is 0 Å². The van der Waals surface area contributed by atoms with Gasteiger partial charge < -0.3 is 0 Å². The van der Waals surface area contributed by atoms with Gasteiger partial charge in [0.15, 0.2) is 0 Å². The molecule has 1 aromatic heterocycles. The fourth-order valence-electron chi connectivity index (χ4n) is 0.529. The first-order valence-corrected chi connectivity index (χ1v) is 3.78. The fraction of sp³-hybridized carbons (Fsp3) is 0. The van der Waals surface area contributed by atoms with Crippen LogP contribution in [0.2, 0.25) is 0 Å². The topological polar surface area (TPSA) is 24.7 Å². The normalized spacial score (nSPS) is 13.5. The average Bonchev–Trinajstić information content (AvgIpc) is 2.15. The summed E-state index contributed by atoms with van der Waals surface area (Å²) in [6.07, 6.45) is 0. The largest absolute Gasteiger partial charge is 0.172 e. The molecule has 1 aromatic rings. The molecule has 0 amide bonds. The van der Waals surface area contributed by atoms with Crippen LogP contribution in [0, 0.1) is 0 Å². The second-order valence-electron chi connectivity index (χ2n) is 1.41. The molecule has 0 saturated heterocycles. The van der Waals surface area contributed by atoms with Gasteiger partial charge >= 0.3 is 0 Å². The smallest absolute Gasteiger partial charge is 0.115 e. The predicted octanol–water partition coefficient (Wildman–Crippen LogP) is 2.47. The third-order valence-corrected chi connectivity index (χ3v) is 2.18. The zero-order chi connectivity index (χ0) is 5.40. The van der Waals surface area contributed by atoms with Crippen LogP contribution in [0.4, 0.5) is 11.4 Å². The second kappa shape index (κ2) is 1.50. The minimum atomic E-state index is 1.03. The first-order chi connectivity index (χ1) is 3.97. The SMILES string of the molecule is c1scc2c1N=S=N2. The van der Waals surface area contributed by atoms with Crippen LogP contribution < -0.4 is 0 Å². The number of hydrogen-bond donors (Lipinski definition) is 0. The molecule has 0 bridgehead atoms. The van der Waals surface area contributed by atoms with E-state index in [1.165, 1.54) is 11.4 Å². The Morgan fingerprint density at radius 2 is 1.75 bits per heavy atom. The number of thiophene rings is 1. The van der Waals surface area contributed by atoms with E-state index in [-0.39, 0.29) is 0 Å². The van der Waals surface area contributed by atoms with E-state index in [0.29, 0.717) is 0 Å². The summed E-state index contributed by atoms with van der Waals surface area (Å²) < 4.78 is 8.04. The molecule has 2 heterocycles. The lowest BCUT2D eigenvalue weighted by Crippen LogP contribution is -1.41. The molecule has 1 aliphatic rings. The van der Waals surface area contributed by atoms with Gasteiger partial charge in [-0.15, -0.1) is 11.3 Å². The van der Waals surface area contributed by atoms with E-state index in [1.54, 1.807) is 11.3 Å². The maximum absolute atomic E-state index is 4.02. The highest BCUT2D eigenvalue weighted by Gasteiger charge is 2.02. The van der Waals surface area contributed by atoms with Gasteiger partial charge in [-0.3, -0.25) is 0 Å². The molecule has 40 valence electrons. The van der Waals surface area contributed by atoms with E-state index >= 15 is 0 Å². The Labute approximate surface area is 54.1 Å². The van der Waals surface area contributed by atoms with Gasteiger partial charge in [-0.05, 0) is 0 Å². The first-order valence-electron chi connectivity index (χ1n) is 2.11. The van der Waals surface area contributed by atoms with Crippen molar-refractivity contribution < 1.29 is 0 Å². The minimum Gasteiger partial charge on any atom is -0.172 e. The van der Waals surface area contributed by atoms with E-state index in [4.69, 9.17) is 0 Å². The number of nitrogens with zero attached hydrogens (tertiary/aromatic N) is 2. The van der Waals surface area contributed by atoms with Crippen molar-refractivity contribution in [2.45, 2.75) is 0 Å². The molecular formula is C4H2N2S2. The zero-order valence-electron chi connectivity index (χ0n) is 3.87. The van der Waals surface area contributed by atoms with Crippen molar-refractivity contribution in [2.24, 2.45) is 8.73 Å². The molecule has 2 rings (SSSR count). The van der Waals surface area contributed by atoms with Crippen LogP contribution >= 0.6 is 11.3 Å². The zero-order valence-corrected chi connectivity index (χ0v) is 5.50. The van der Waals surface area contributed by atoms with Gasteiger partial charge in [0.2, 0.25) is 0 Å². The Morgan fingerprint density at radius 1 is 1.12 bits per heavy atom. The molecule has 0 saturated carbocycles. The van der Waals surface area contributed by atoms with Crippen LogP contribution in [0.1, 0.15) is 0 Å². The lowest BCUT2D eigenvalue weighted by Gasteiger charge is -1.73. The first kappa shape index (κ1) is 4.40. The maximum Gasteiger partial charge on any atom is 0.115 e. The Bertz CT molecular complexity index is 247. The van der Waals surface area contributed by atoms with Gasteiger partial charge in [-0.1, -0.05) is 0 Å². The van der Waals surface area contributed by atoms with Gasteiger partial charge in [0.05, 0.1) is 11.4 Å². The summed E-state index contributed by atoms with van der Waals surface area (Å²) in [5, 5.41) is 4.00. The molecule has 0 atom stereocenters. The van der Waals surface area contributed by atoms with E-state index in [2.05, 4.69) is 8.73 Å². The van der Waals surface area contributed by atoms with Crippen molar-refractivity contribution >= 4 is 34.1 Å². The van der Waals surface area contributed by atoms with Crippen LogP contribution in [-0.2, 0) is 11.4 Å². The number of fused-ring (bicyclic) bond motifs is 1. The van der Waals surface area contributed by atoms with Crippen LogP contribution in [0.25, 0.3) is 0 Å². The summed E-state index contributed by atoms with van der Waals surface area (Å²) in [5.74, 6) is 0. The highest BCUT2D eigenvalue weighted by molar-refractivity contribution is 7.58. The van der Waals surface area contributed by atoms with Gasteiger partial charge in [0, 0.05) is 10.8 Å². The van der Waals surface area contributed by atoms with Crippen LogP contribution in [0.3, 0.4) is 0 Å². The molecule has 0 radical (unpaired) electrons. The minimum absolute atomic E-state index is 1.03. The van der Waals surface area contributed by atoms with Crippen molar-refractivity contribution in [3.63, 3.8) is 0 Å². The van der Waals surface area contributed by atoms with E-state index < -0.39 is 0 Å². The molecular weight excluding hydrogens is 140 g/mol. The Hall–Kier alpha value is -0.480. The van der Waals surface area contributed by atoms with Crippen molar-refractivity contribution in [3.8, 4) is 0 Å². The molecule has 0 aliphatic carbocycles. The highest BCUT2D eigenvalue weighted by Crippen LogP contribution is 2.34. The van der Waals surface area contributed by atoms with Crippen LogP contribution in [0.5, 0.6) is 0 Å². The van der Waals surface area contributed by atoms with Crippen LogP contribution in [-0.4, -0.2) is 0 Å². The third-order valence-electron chi connectivity index (χ3n) is 0.900. The van der Waals surface area contributed by atoms with Gasteiger partial charge in [0.1, 0.15) is 11.4 Å². The van der Waals surface area contributed by atoms with Crippen molar-refractivity contribution in [1.29, 1.82) is 0 Å². The molecule has 0 N–H and O–H groups in total. The molecule has 0 fully saturated rings. The third kappa shape index (κ3) is 0.468. The van der Waals surface area contributed by atoms with Gasteiger partial charge in [-0.2, -0.15) is 8.73 Å². The second-order valence-corrected chi connectivity index (χ2v) is 2.68. The van der Waals surface area contributed by atoms with E-state index in [0.717, 1.165) is 11.4 Å². The molecule has 4 heteroatoms.